The number of aromatic hydroxyl groups is 1. The molecule has 0 saturated carbocycles. The number of amides is 1. The third kappa shape index (κ3) is 4.68. The molecule has 35 heavy (non-hydrogen) atoms. The van der Waals surface area contributed by atoms with Gasteiger partial charge in [0.25, 0.3) is 11.7 Å². The minimum atomic E-state index is -0.946. The average molecular weight is 494 g/mol. The molecule has 2 N–H and O–H groups in total. The van der Waals surface area contributed by atoms with Gasteiger partial charge in [-0.2, -0.15) is 0 Å². The summed E-state index contributed by atoms with van der Waals surface area (Å²) in [6, 6.07) is 16.5. The molecule has 4 rings (SSSR count). The highest BCUT2D eigenvalue weighted by molar-refractivity contribution is 6.51. The quantitative estimate of drug-likeness (QED) is 0.257. The first-order valence-corrected chi connectivity index (χ1v) is 11.5. The molecular formula is C27H24ClNO6. The molecule has 180 valence electrons. The maximum atomic E-state index is 13.3. The molecule has 1 unspecified atom stereocenters. The number of nitrogens with zero attached hydrogens (tertiary/aromatic N) is 1. The summed E-state index contributed by atoms with van der Waals surface area (Å²) in [5, 5.41) is 21.4. The Kier molecular flexibility index (Phi) is 6.98. The molecular weight excluding hydrogens is 470 g/mol. The van der Waals surface area contributed by atoms with Gasteiger partial charge < -0.3 is 19.7 Å². The number of anilines is 1. The second-order valence-corrected chi connectivity index (χ2v) is 8.20. The summed E-state index contributed by atoms with van der Waals surface area (Å²) in [6.07, 6.45) is 0. The first-order valence-electron chi connectivity index (χ1n) is 11.1. The number of ether oxygens (including phenoxy) is 2. The van der Waals surface area contributed by atoms with Gasteiger partial charge in [-0.15, -0.1) is 0 Å². The molecule has 1 heterocycles. The fraction of sp³-hybridized carbons (Fsp3) is 0.185. The molecule has 1 aliphatic heterocycles. The lowest BCUT2D eigenvalue weighted by Crippen LogP contribution is -2.29. The Morgan fingerprint density at radius 1 is 0.914 bits per heavy atom. The zero-order valence-electron chi connectivity index (χ0n) is 19.2. The summed E-state index contributed by atoms with van der Waals surface area (Å²) < 4.78 is 11.3. The molecule has 7 nitrogen and oxygen atoms in total. The molecule has 0 spiro atoms. The minimum absolute atomic E-state index is 0.0307. The van der Waals surface area contributed by atoms with E-state index in [1.165, 1.54) is 17.0 Å². The summed E-state index contributed by atoms with van der Waals surface area (Å²) in [6.45, 7) is 4.49. The van der Waals surface area contributed by atoms with Crippen molar-refractivity contribution in [2.75, 3.05) is 18.1 Å². The van der Waals surface area contributed by atoms with Crippen LogP contribution in [0.4, 0.5) is 5.69 Å². The molecule has 0 aromatic heterocycles. The van der Waals surface area contributed by atoms with E-state index in [0.29, 0.717) is 46.5 Å². The van der Waals surface area contributed by atoms with Crippen LogP contribution in [0.25, 0.3) is 5.76 Å². The van der Waals surface area contributed by atoms with Crippen LogP contribution in [-0.4, -0.2) is 35.1 Å². The second-order valence-electron chi connectivity index (χ2n) is 7.76. The lowest BCUT2D eigenvalue weighted by atomic mass is 9.95. The van der Waals surface area contributed by atoms with Crippen LogP contribution >= 0.6 is 11.6 Å². The monoisotopic (exact) mass is 493 g/mol. The van der Waals surface area contributed by atoms with Crippen LogP contribution in [-0.2, 0) is 9.59 Å². The summed E-state index contributed by atoms with van der Waals surface area (Å²) in [7, 11) is 0. The maximum absolute atomic E-state index is 13.3. The van der Waals surface area contributed by atoms with E-state index >= 15 is 0 Å². The van der Waals surface area contributed by atoms with E-state index in [4.69, 9.17) is 21.1 Å². The highest BCUT2D eigenvalue weighted by atomic mass is 35.5. The lowest BCUT2D eigenvalue weighted by molar-refractivity contribution is -0.132. The molecule has 0 radical (unpaired) electrons. The van der Waals surface area contributed by atoms with Crippen molar-refractivity contribution in [3.05, 3.63) is 88.5 Å². The van der Waals surface area contributed by atoms with Crippen LogP contribution in [0.1, 0.15) is 31.0 Å². The Labute approximate surface area is 207 Å². The Bertz CT molecular complexity index is 1280. The van der Waals surface area contributed by atoms with Gasteiger partial charge in [-0.05, 0) is 67.9 Å². The van der Waals surface area contributed by atoms with Crippen molar-refractivity contribution in [1.29, 1.82) is 0 Å². The molecule has 3 aromatic carbocycles. The number of benzene rings is 3. The maximum Gasteiger partial charge on any atom is 0.300 e. The Morgan fingerprint density at radius 2 is 1.54 bits per heavy atom. The van der Waals surface area contributed by atoms with E-state index in [2.05, 4.69) is 0 Å². The highest BCUT2D eigenvalue weighted by Crippen LogP contribution is 2.44. The van der Waals surface area contributed by atoms with Crippen LogP contribution < -0.4 is 14.4 Å². The van der Waals surface area contributed by atoms with Crippen molar-refractivity contribution >= 4 is 34.7 Å². The molecule has 3 aromatic rings. The SMILES string of the molecule is CCOc1ccc(N2C(=O)C(=O)/C(=C(/O)c3ccc(Cl)cc3)C2c2ccc(O)cc2)cc1OCC. The molecule has 1 fully saturated rings. The van der Waals surface area contributed by atoms with Gasteiger partial charge in [-0.3, -0.25) is 14.5 Å². The Hall–Kier alpha value is -3.97. The van der Waals surface area contributed by atoms with E-state index in [1.807, 2.05) is 13.8 Å². The Morgan fingerprint density at radius 3 is 2.17 bits per heavy atom. The van der Waals surface area contributed by atoms with Gasteiger partial charge in [-0.1, -0.05) is 23.7 Å². The number of rotatable bonds is 7. The first-order chi connectivity index (χ1) is 16.8. The summed E-state index contributed by atoms with van der Waals surface area (Å²) in [4.78, 5) is 27.9. The third-order valence-electron chi connectivity index (χ3n) is 5.58. The van der Waals surface area contributed by atoms with Crippen molar-refractivity contribution in [3.63, 3.8) is 0 Å². The number of carbonyl (C=O) groups excluding carboxylic acids is 2. The largest absolute Gasteiger partial charge is 0.508 e. The number of aliphatic hydroxyl groups is 1. The van der Waals surface area contributed by atoms with Crippen molar-refractivity contribution in [2.24, 2.45) is 0 Å². The van der Waals surface area contributed by atoms with Gasteiger partial charge >= 0.3 is 0 Å². The number of Topliss-reactive ketones (excluding diaryl/α,β-unsaturated/α-hetero) is 1. The number of ketones is 1. The molecule has 0 aliphatic carbocycles. The van der Waals surface area contributed by atoms with Crippen molar-refractivity contribution in [2.45, 2.75) is 19.9 Å². The van der Waals surface area contributed by atoms with Crippen molar-refractivity contribution in [3.8, 4) is 17.2 Å². The number of hydrogen-bond donors (Lipinski definition) is 2. The topological polar surface area (TPSA) is 96.3 Å². The third-order valence-corrected chi connectivity index (χ3v) is 5.83. The fourth-order valence-electron chi connectivity index (χ4n) is 4.02. The lowest BCUT2D eigenvalue weighted by Gasteiger charge is -2.26. The number of phenols is 1. The predicted octanol–water partition coefficient (Wildman–Crippen LogP) is 5.47. The van der Waals surface area contributed by atoms with Gasteiger partial charge in [0.2, 0.25) is 0 Å². The van der Waals surface area contributed by atoms with E-state index in [9.17, 15) is 19.8 Å². The second kappa shape index (κ2) is 10.1. The summed E-state index contributed by atoms with van der Waals surface area (Å²) >= 11 is 5.97. The first kappa shape index (κ1) is 24.2. The van der Waals surface area contributed by atoms with E-state index in [0.717, 1.165) is 0 Å². The molecule has 1 atom stereocenters. The molecule has 8 heteroatoms. The van der Waals surface area contributed by atoms with Gasteiger partial charge in [-0.25, -0.2) is 0 Å². The molecule has 1 aliphatic rings. The summed E-state index contributed by atoms with van der Waals surface area (Å²) in [5.41, 5.74) is 1.20. The highest BCUT2D eigenvalue weighted by Gasteiger charge is 2.47. The fourth-order valence-corrected chi connectivity index (χ4v) is 4.15. The predicted molar refractivity (Wildman–Crippen MR) is 133 cm³/mol. The smallest absolute Gasteiger partial charge is 0.300 e. The van der Waals surface area contributed by atoms with E-state index in [1.54, 1.807) is 54.6 Å². The molecule has 1 saturated heterocycles. The number of hydrogen-bond acceptors (Lipinski definition) is 6. The van der Waals surface area contributed by atoms with Crippen LogP contribution in [0.5, 0.6) is 17.2 Å². The van der Waals surface area contributed by atoms with E-state index < -0.39 is 17.7 Å². The van der Waals surface area contributed by atoms with Gasteiger partial charge in [0.05, 0.1) is 24.8 Å². The van der Waals surface area contributed by atoms with Crippen LogP contribution in [0.2, 0.25) is 5.02 Å². The van der Waals surface area contributed by atoms with Crippen LogP contribution in [0, 0.1) is 0 Å². The van der Waals surface area contributed by atoms with Crippen LogP contribution in [0.15, 0.2) is 72.3 Å². The zero-order chi connectivity index (χ0) is 25.1. The summed E-state index contributed by atoms with van der Waals surface area (Å²) in [5.74, 6) is -0.986. The standard InChI is InChI=1S/C27H24ClNO6/c1-3-34-21-14-11-19(15-22(21)35-4-2)29-24(16-7-12-20(30)13-8-16)23(26(32)27(29)33)25(31)17-5-9-18(28)10-6-17/h5-15,24,30-31H,3-4H2,1-2H3/b25-23+. The number of phenolic OH excluding ortho intramolecular Hbond substituents is 1. The van der Waals surface area contributed by atoms with Gasteiger partial charge in [0, 0.05) is 22.3 Å². The van der Waals surface area contributed by atoms with E-state index in [-0.39, 0.29) is 17.1 Å². The molecule has 1 amide bonds. The number of halogens is 1. The van der Waals surface area contributed by atoms with Gasteiger partial charge in [0.1, 0.15) is 11.5 Å². The van der Waals surface area contributed by atoms with Crippen molar-refractivity contribution in [1.82, 2.24) is 0 Å². The van der Waals surface area contributed by atoms with Gasteiger partial charge in [0.15, 0.2) is 11.5 Å². The molecule has 0 bridgehead atoms. The number of aliphatic hydroxyl groups excluding tert-OH is 1. The zero-order valence-corrected chi connectivity index (χ0v) is 20.0. The minimum Gasteiger partial charge on any atom is -0.508 e. The van der Waals surface area contributed by atoms with Crippen LogP contribution in [0.3, 0.4) is 0 Å². The van der Waals surface area contributed by atoms with Crippen molar-refractivity contribution < 1.29 is 29.3 Å². The normalized spacial score (nSPS) is 17.0. The Balaban J connectivity index is 1.91. The average Bonchev–Trinajstić information content (AvgIpc) is 3.11. The number of carbonyl (C=O) groups is 2.